The van der Waals surface area contributed by atoms with Crippen molar-refractivity contribution < 1.29 is 9.53 Å². The molecule has 0 radical (unpaired) electrons. The Morgan fingerprint density at radius 2 is 2.18 bits per heavy atom. The molecule has 5 nitrogen and oxygen atoms in total. The van der Waals surface area contributed by atoms with E-state index in [-0.39, 0.29) is 0 Å². The van der Waals surface area contributed by atoms with Crippen molar-refractivity contribution in [2.75, 3.05) is 6.61 Å². The molecule has 0 unspecified atom stereocenters. The number of unbranched alkanes of at least 4 members (excludes halogenated alkanes) is 1. The molecule has 0 N–H and O–H groups in total. The fourth-order valence-electron chi connectivity index (χ4n) is 2.16. The first-order valence-electron chi connectivity index (χ1n) is 7.46. The zero-order valence-corrected chi connectivity index (χ0v) is 12.9. The molecule has 5 heteroatoms. The van der Waals surface area contributed by atoms with Gasteiger partial charge in [0.15, 0.2) is 5.69 Å². The smallest absolute Gasteiger partial charge is 0.357 e. The standard InChI is InChI=1S/C17H19N3O2/c1-3-5-8-14-11-16(17(21)22-4-2)20(19-14)15-9-6-7-13(10-15)12-18/h6-7,9-11H,3-5,8H2,1-2H3. The number of aryl methyl sites for hydroxylation is 1. The van der Waals surface area contributed by atoms with Crippen LogP contribution in [0.3, 0.4) is 0 Å². The van der Waals surface area contributed by atoms with E-state index in [1.54, 1.807) is 35.9 Å². The summed E-state index contributed by atoms with van der Waals surface area (Å²) >= 11 is 0. The molecule has 0 aliphatic rings. The van der Waals surface area contributed by atoms with Gasteiger partial charge in [0.1, 0.15) is 0 Å². The molecule has 0 spiro atoms. The number of ether oxygens (including phenoxy) is 1. The van der Waals surface area contributed by atoms with Crippen molar-refractivity contribution in [3.05, 3.63) is 47.3 Å². The lowest BCUT2D eigenvalue weighted by Gasteiger charge is -2.07. The minimum Gasteiger partial charge on any atom is -0.461 e. The molecule has 0 aliphatic heterocycles. The lowest BCUT2D eigenvalue weighted by molar-refractivity contribution is 0.0515. The Balaban J connectivity index is 2.44. The van der Waals surface area contributed by atoms with Crippen LogP contribution in [0.1, 0.15) is 48.4 Å². The van der Waals surface area contributed by atoms with Crippen LogP contribution in [0.15, 0.2) is 30.3 Å². The van der Waals surface area contributed by atoms with Crippen LogP contribution in [0.2, 0.25) is 0 Å². The number of esters is 1. The first kappa shape index (κ1) is 15.8. The van der Waals surface area contributed by atoms with E-state index >= 15 is 0 Å². The highest BCUT2D eigenvalue weighted by Gasteiger charge is 2.17. The molecule has 1 aromatic heterocycles. The van der Waals surface area contributed by atoms with Crippen LogP contribution < -0.4 is 0 Å². The molecule has 0 saturated heterocycles. The summed E-state index contributed by atoms with van der Waals surface area (Å²) in [4.78, 5) is 12.1. The van der Waals surface area contributed by atoms with E-state index in [1.807, 2.05) is 6.07 Å². The Bertz CT molecular complexity index is 698. The molecular formula is C17H19N3O2. The number of carbonyl (C=O) groups excluding carboxylic acids is 1. The Hall–Kier alpha value is -2.61. The second-order valence-corrected chi connectivity index (χ2v) is 4.92. The molecule has 0 amide bonds. The van der Waals surface area contributed by atoms with E-state index in [2.05, 4.69) is 18.1 Å². The van der Waals surface area contributed by atoms with Crippen LogP contribution in [-0.2, 0) is 11.2 Å². The summed E-state index contributed by atoms with van der Waals surface area (Å²) in [5.41, 5.74) is 2.46. The third-order valence-corrected chi connectivity index (χ3v) is 3.25. The number of aromatic nitrogens is 2. The van der Waals surface area contributed by atoms with Crippen LogP contribution in [0.4, 0.5) is 0 Å². The van der Waals surface area contributed by atoms with Crippen molar-refractivity contribution >= 4 is 5.97 Å². The zero-order chi connectivity index (χ0) is 15.9. The van der Waals surface area contributed by atoms with E-state index in [0.29, 0.717) is 23.6 Å². The number of nitrogens with zero attached hydrogens (tertiary/aromatic N) is 3. The fraction of sp³-hybridized carbons (Fsp3) is 0.353. The molecule has 0 fully saturated rings. The summed E-state index contributed by atoms with van der Waals surface area (Å²) in [6.45, 7) is 4.19. The molecule has 0 bridgehead atoms. The Morgan fingerprint density at radius 1 is 1.36 bits per heavy atom. The Kier molecular flexibility index (Phi) is 5.31. The molecule has 0 atom stereocenters. The summed E-state index contributed by atoms with van der Waals surface area (Å²) in [7, 11) is 0. The molecular weight excluding hydrogens is 278 g/mol. The minimum absolute atomic E-state index is 0.312. The largest absolute Gasteiger partial charge is 0.461 e. The van der Waals surface area contributed by atoms with Crippen LogP contribution >= 0.6 is 0 Å². The first-order chi connectivity index (χ1) is 10.7. The highest BCUT2D eigenvalue weighted by Crippen LogP contribution is 2.16. The predicted octanol–water partition coefficient (Wildman–Crippen LogP) is 3.26. The molecule has 22 heavy (non-hydrogen) atoms. The van der Waals surface area contributed by atoms with Crippen molar-refractivity contribution in [1.29, 1.82) is 5.26 Å². The molecule has 2 aromatic rings. The van der Waals surface area contributed by atoms with Gasteiger partial charge >= 0.3 is 5.97 Å². The van der Waals surface area contributed by atoms with E-state index in [4.69, 9.17) is 10.00 Å². The maximum Gasteiger partial charge on any atom is 0.357 e. The van der Waals surface area contributed by atoms with E-state index in [1.165, 1.54) is 0 Å². The molecule has 1 aromatic carbocycles. The molecule has 0 saturated carbocycles. The van der Waals surface area contributed by atoms with E-state index in [9.17, 15) is 4.79 Å². The van der Waals surface area contributed by atoms with Crippen molar-refractivity contribution in [1.82, 2.24) is 9.78 Å². The second-order valence-electron chi connectivity index (χ2n) is 4.92. The van der Waals surface area contributed by atoms with Gasteiger partial charge in [-0.15, -0.1) is 0 Å². The number of benzene rings is 1. The summed E-state index contributed by atoms with van der Waals surface area (Å²) in [6, 6.07) is 10.9. The molecule has 114 valence electrons. The summed E-state index contributed by atoms with van der Waals surface area (Å²) < 4.78 is 6.66. The average molecular weight is 297 g/mol. The van der Waals surface area contributed by atoms with Crippen molar-refractivity contribution in [2.24, 2.45) is 0 Å². The van der Waals surface area contributed by atoms with Gasteiger partial charge < -0.3 is 4.74 Å². The van der Waals surface area contributed by atoms with Crippen LogP contribution in [0, 0.1) is 11.3 Å². The number of rotatable bonds is 6. The Labute approximate surface area is 130 Å². The van der Waals surface area contributed by atoms with Gasteiger partial charge in [0.05, 0.1) is 29.6 Å². The molecule has 0 aliphatic carbocycles. The molecule has 2 rings (SSSR count). The van der Waals surface area contributed by atoms with Crippen molar-refractivity contribution in [3.8, 4) is 11.8 Å². The third kappa shape index (κ3) is 3.53. The lowest BCUT2D eigenvalue weighted by Crippen LogP contribution is -2.12. The van der Waals surface area contributed by atoms with Crippen LogP contribution in [0.5, 0.6) is 0 Å². The Morgan fingerprint density at radius 3 is 2.86 bits per heavy atom. The minimum atomic E-state index is -0.403. The normalized spacial score (nSPS) is 10.2. The van der Waals surface area contributed by atoms with Gasteiger partial charge in [0.2, 0.25) is 0 Å². The monoisotopic (exact) mass is 297 g/mol. The van der Waals surface area contributed by atoms with E-state index < -0.39 is 5.97 Å². The summed E-state index contributed by atoms with van der Waals surface area (Å²) in [5.74, 6) is -0.403. The first-order valence-corrected chi connectivity index (χ1v) is 7.46. The van der Waals surface area contributed by atoms with Crippen LogP contribution in [0.25, 0.3) is 5.69 Å². The fourth-order valence-corrected chi connectivity index (χ4v) is 2.16. The van der Waals surface area contributed by atoms with Crippen molar-refractivity contribution in [2.45, 2.75) is 33.1 Å². The van der Waals surface area contributed by atoms with Crippen LogP contribution in [-0.4, -0.2) is 22.4 Å². The average Bonchev–Trinajstić information content (AvgIpc) is 2.97. The maximum absolute atomic E-state index is 12.1. The maximum atomic E-state index is 12.1. The quantitative estimate of drug-likeness (QED) is 0.767. The lowest BCUT2D eigenvalue weighted by atomic mass is 10.2. The number of nitriles is 1. The second kappa shape index (κ2) is 7.41. The summed E-state index contributed by atoms with van der Waals surface area (Å²) in [5, 5.41) is 13.5. The number of carbonyl (C=O) groups is 1. The SMILES string of the molecule is CCCCc1cc(C(=O)OCC)n(-c2cccc(C#N)c2)n1. The molecule has 1 heterocycles. The number of hydrogen-bond donors (Lipinski definition) is 0. The highest BCUT2D eigenvalue weighted by molar-refractivity contribution is 5.88. The van der Waals surface area contributed by atoms with Gasteiger partial charge in [-0.3, -0.25) is 0 Å². The van der Waals surface area contributed by atoms with Gasteiger partial charge in [0, 0.05) is 0 Å². The zero-order valence-electron chi connectivity index (χ0n) is 12.9. The van der Waals surface area contributed by atoms with Gasteiger partial charge in [-0.1, -0.05) is 19.4 Å². The highest BCUT2D eigenvalue weighted by atomic mass is 16.5. The van der Waals surface area contributed by atoms with Gasteiger partial charge in [-0.2, -0.15) is 10.4 Å². The number of hydrogen-bond acceptors (Lipinski definition) is 4. The van der Waals surface area contributed by atoms with Gasteiger partial charge in [0.25, 0.3) is 0 Å². The van der Waals surface area contributed by atoms with E-state index in [0.717, 1.165) is 25.0 Å². The van der Waals surface area contributed by atoms with Gasteiger partial charge in [-0.25, -0.2) is 9.48 Å². The van der Waals surface area contributed by atoms with Crippen molar-refractivity contribution in [3.63, 3.8) is 0 Å². The summed E-state index contributed by atoms with van der Waals surface area (Å²) in [6.07, 6.45) is 2.89. The third-order valence-electron chi connectivity index (χ3n) is 3.25. The topological polar surface area (TPSA) is 67.9 Å². The van der Waals surface area contributed by atoms with Gasteiger partial charge in [-0.05, 0) is 44.0 Å². The predicted molar refractivity (Wildman–Crippen MR) is 82.8 cm³/mol.